The highest BCUT2D eigenvalue weighted by atomic mass is 32.2. The van der Waals surface area contributed by atoms with Crippen LogP contribution in [0.2, 0.25) is 0 Å². The van der Waals surface area contributed by atoms with Crippen LogP contribution in [0.4, 0.5) is 24.9 Å². The second-order valence-corrected chi connectivity index (χ2v) is 15.3. The largest absolute Gasteiger partial charge is 0.573 e. The number of ether oxygens (including phenoxy) is 1. The first-order valence-corrected chi connectivity index (χ1v) is 17.7. The van der Waals surface area contributed by atoms with E-state index in [0.29, 0.717) is 35.4 Å². The lowest BCUT2D eigenvalue weighted by atomic mass is 10.1. The zero-order chi connectivity index (χ0) is 31.9. The maximum atomic E-state index is 12.7. The van der Waals surface area contributed by atoms with Gasteiger partial charge in [-0.25, -0.2) is 18.4 Å². The summed E-state index contributed by atoms with van der Waals surface area (Å²) >= 11 is 1.57. The molecule has 0 saturated heterocycles. The van der Waals surface area contributed by atoms with Crippen LogP contribution >= 0.6 is 11.3 Å². The SMILES string of the molecule is CCS(=O)(=O)CC1CCC(Nc2nc(NCc3ccc(OC(F)(F)F)cc3C)nc(C)c2-c2nc3c(C4CC4)nccc3s2)C1. The van der Waals surface area contributed by atoms with E-state index in [9.17, 15) is 21.6 Å². The third-order valence-electron chi connectivity index (χ3n) is 8.40. The molecule has 2 N–H and O–H groups in total. The molecule has 3 aromatic heterocycles. The van der Waals surface area contributed by atoms with E-state index < -0.39 is 16.2 Å². The van der Waals surface area contributed by atoms with Gasteiger partial charge in [0, 0.05) is 30.5 Å². The molecule has 2 saturated carbocycles. The number of nitrogens with one attached hydrogen (secondary N) is 2. The van der Waals surface area contributed by atoms with E-state index in [1.54, 1.807) is 31.3 Å². The number of benzene rings is 1. The van der Waals surface area contributed by atoms with Gasteiger partial charge in [-0.15, -0.1) is 24.5 Å². The Morgan fingerprint density at radius 1 is 1.07 bits per heavy atom. The number of aryl methyl sites for hydroxylation is 2. The van der Waals surface area contributed by atoms with Gasteiger partial charge in [-0.2, -0.15) is 4.98 Å². The number of alkyl halides is 3. The van der Waals surface area contributed by atoms with Gasteiger partial charge in [0.1, 0.15) is 31.9 Å². The van der Waals surface area contributed by atoms with E-state index >= 15 is 0 Å². The molecule has 9 nitrogen and oxygen atoms in total. The number of thiazole rings is 1. The molecule has 45 heavy (non-hydrogen) atoms. The van der Waals surface area contributed by atoms with E-state index in [1.807, 2.05) is 19.2 Å². The minimum atomic E-state index is -4.76. The fourth-order valence-corrected chi connectivity index (χ4v) is 8.24. The Morgan fingerprint density at radius 2 is 1.87 bits per heavy atom. The molecule has 14 heteroatoms. The second kappa shape index (κ2) is 12.3. The zero-order valence-electron chi connectivity index (χ0n) is 25.2. The molecule has 6 rings (SSSR count). The number of fused-ring (bicyclic) bond motifs is 1. The number of halogens is 3. The highest BCUT2D eigenvalue weighted by Crippen LogP contribution is 2.44. The lowest BCUT2D eigenvalue weighted by molar-refractivity contribution is -0.274. The first kappa shape index (κ1) is 31.5. The van der Waals surface area contributed by atoms with Crippen molar-refractivity contribution in [1.29, 1.82) is 0 Å². The van der Waals surface area contributed by atoms with Crippen molar-refractivity contribution in [2.45, 2.75) is 77.7 Å². The van der Waals surface area contributed by atoms with Gasteiger partial charge in [0.2, 0.25) is 5.95 Å². The Hall–Kier alpha value is -3.52. The molecule has 0 bridgehead atoms. The fourth-order valence-electron chi connectivity index (χ4n) is 5.92. The molecule has 2 aliphatic carbocycles. The predicted octanol–water partition coefficient (Wildman–Crippen LogP) is 7.17. The first-order valence-electron chi connectivity index (χ1n) is 15.1. The van der Waals surface area contributed by atoms with Crippen LogP contribution < -0.4 is 15.4 Å². The van der Waals surface area contributed by atoms with Crippen LogP contribution in [-0.2, 0) is 16.4 Å². The first-order chi connectivity index (χ1) is 21.4. The van der Waals surface area contributed by atoms with Crippen molar-refractivity contribution in [2.75, 3.05) is 22.1 Å². The summed E-state index contributed by atoms with van der Waals surface area (Å²) < 4.78 is 67.6. The minimum Gasteiger partial charge on any atom is -0.406 e. The molecule has 0 spiro atoms. The Balaban J connectivity index is 1.29. The summed E-state index contributed by atoms with van der Waals surface area (Å²) in [6.45, 7) is 5.59. The van der Waals surface area contributed by atoms with E-state index in [2.05, 4.69) is 20.4 Å². The summed E-state index contributed by atoms with van der Waals surface area (Å²) in [7, 11) is -3.07. The van der Waals surface area contributed by atoms with Gasteiger partial charge in [-0.3, -0.25) is 4.98 Å². The van der Waals surface area contributed by atoms with Crippen molar-refractivity contribution in [3.05, 3.63) is 53.0 Å². The summed E-state index contributed by atoms with van der Waals surface area (Å²) in [5.41, 5.74) is 4.84. The van der Waals surface area contributed by atoms with Crippen molar-refractivity contribution in [3.63, 3.8) is 0 Å². The molecular weight excluding hydrogens is 626 g/mol. The normalized spacial score (nSPS) is 18.8. The number of anilines is 2. The summed E-state index contributed by atoms with van der Waals surface area (Å²) in [5.74, 6) is 1.54. The molecule has 2 atom stereocenters. The summed E-state index contributed by atoms with van der Waals surface area (Å²) in [6.07, 6.45) is 1.64. The van der Waals surface area contributed by atoms with E-state index in [4.69, 9.17) is 15.0 Å². The van der Waals surface area contributed by atoms with Gasteiger partial charge in [-0.05, 0) is 81.2 Å². The van der Waals surface area contributed by atoms with Crippen LogP contribution in [0.1, 0.15) is 67.5 Å². The Labute approximate surface area is 264 Å². The number of rotatable bonds is 11. The summed E-state index contributed by atoms with van der Waals surface area (Å²) in [4.78, 5) is 19.3. The van der Waals surface area contributed by atoms with Crippen molar-refractivity contribution in [3.8, 4) is 16.3 Å². The van der Waals surface area contributed by atoms with Gasteiger partial charge in [0.25, 0.3) is 0 Å². The smallest absolute Gasteiger partial charge is 0.406 e. The number of hydrogen-bond acceptors (Lipinski definition) is 10. The molecule has 0 radical (unpaired) electrons. The molecular formula is C31H35F3N6O3S2. The van der Waals surface area contributed by atoms with Gasteiger partial charge < -0.3 is 15.4 Å². The van der Waals surface area contributed by atoms with Crippen LogP contribution in [0.15, 0.2) is 30.5 Å². The van der Waals surface area contributed by atoms with Crippen LogP contribution in [0.25, 0.3) is 20.8 Å². The zero-order valence-corrected chi connectivity index (χ0v) is 26.9. The molecule has 2 fully saturated rings. The lowest BCUT2D eigenvalue weighted by Crippen LogP contribution is -2.21. The van der Waals surface area contributed by atoms with Crippen LogP contribution in [0, 0.1) is 19.8 Å². The van der Waals surface area contributed by atoms with Crippen LogP contribution in [0.3, 0.4) is 0 Å². The number of nitrogens with zero attached hydrogens (tertiary/aromatic N) is 4. The number of pyridine rings is 1. The van der Waals surface area contributed by atoms with Gasteiger partial charge in [0.15, 0.2) is 0 Å². The maximum absolute atomic E-state index is 12.7. The van der Waals surface area contributed by atoms with Crippen LogP contribution in [0.5, 0.6) is 5.75 Å². The number of hydrogen-bond donors (Lipinski definition) is 2. The van der Waals surface area contributed by atoms with Crippen LogP contribution in [-0.4, -0.2) is 52.3 Å². The summed E-state index contributed by atoms with van der Waals surface area (Å²) in [5, 5.41) is 7.61. The molecule has 0 aliphatic heterocycles. The minimum absolute atomic E-state index is 0.0319. The molecule has 240 valence electrons. The monoisotopic (exact) mass is 660 g/mol. The fraction of sp³-hybridized carbons (Fsp3) is 0.484. The van der Waals surface area contributed by atoms with E-state index in [-0.39, 0.29) is 35.8 Å². The standard InChI is InChI=1S/C31H35F3N6O3S2/c1-4-45(41,42)16-19-5-9-22(14-19)38-28-25(29-39-27-24(44-29)11-12-35-26(27)20-6-7-20)18(3)37-30(40-28)36-15-21-8-10-23(13-17(21)2)43-31(32,33)34/h8,10-13,19-20,22H,4-7,9,14-16H2,1-3H3,(H2,36,37,38,40). The van der Waals surface area contributed by atoms with Crippen molar-refractivity contribution in [2.24, 2.45) is 5.92 Å². The topological polar surface area (TPSA) is 119 Å². The molecule has 2 aliphatic rings. The Kier molecular flexibility index (Phi) is 8.63. The van der Waals surface area contributed by atoms with Crippen molar-refractivity contribution >= 4 is 43.2 Å². The summed E-state index contributed by atoms with van der Waals surface area (Å²) in [6, 6.07) is 6.22. The predicted molar refractivity (Wildman–Crippen MR) is 169 cm³/mol. The Morgan fingerprint density at radius 3 is 2.58 bits per heavy atom. The third-order valence-corrected chi connectivity index (χ3v) is 11.3. The molecule has 2 unspecified atom stereocenters. The van der Waals surface area contributed by atoms with Gasteiger partial charge >= 0.3 is 6.36 Å². The average molecular weight is 661 g/mol. The number of sulfone groups is 1. The molecule has 4 aromatic rings. The second-order valence-electron chi connectivity index (χ2n) is 11.9. The highest BCUT2D eigenvalue weighted by molar-refractivity contribution is 7.91. The average Bonchev–Trinajstić information content (AvgIpc) is 3.58. The maximum Gasteiger partial charge on any atom is 0.573 e. The third kappa shape index (κ3) is 7.49. The Bertz CT molecular complexity index is 1830. The van der Waals surface area contributed by atoms with E-state index in [1.165, 1.54) is 12.1 Å². The van der Waals surface area contributed by atoms with Gasteiger partial charge in [-0.1, -0.05) is 13.0 Å². The molecule has 3 heterocycles. The molecule has 1 aromatic carbocycles. The lowest BCUT2D eigenvalue weighted by Gasteiger charge is -2.19. The highest BCUT2D eigenvalue weighted by Gasteiger charge is 2.32. The quantitative estimate of drug-likeness (QED) is 0.173. The van der Waals surface area contributed by atoms with Gasteiger partial charge in [0.05, 0.1) is 27.4 Å². The van der Waals surface area contributed by atoms with Crippen molar-refractivity contribution < 1.29 is 26.3 Å². The number of aromatic nitrogens is 4. The van der Waals surface area contributed by atoms with Crippen molar-refractivity contribution in [1.82, 2.24) is 19.9 Å². The molecule has 0 amide bonds. The van der Waals surface area contributed by atoms with E-state index in [0.717, 1.165) is 57.7 Å².